The third-order valence-corrected chi connectivity index (χ3v) is 3.93. The lowest BCUT2D eigenvalue weighted by Gasteiger charge is -2.11. The van der Waals surface area contributed by atoms with Crippen molar-refractivity contribution in [2.75, 3.05) is 5.32 Å². The number of aryl methyl sites for hydroxylation is 1. The first kappa shape index (κ1) is 15.5. The van der Waals surface area contributed by atoms with Gasteiger partial charge in [-0.3, -0.25) is 14.6 Å². The smallest absolute Gasteiger partial charge is 0.273 e. The predicted molar refractivity (Wildman–Crippen MR) is 82.8 cm³/mol. The summed E-state index contributed by atoms with van der Waals surface area (Å²) in [5, 5.41) is 10.6. The van der Waals surface area contributed by atoms with Crippen molar-refractivity contribution in [1.82, 2.24) is 15.2 Å². The van der Waals surface area contributed by atoms with Crippen LogP contribution in [0.1, 0.15) is 12.6 Å². The molecule has 8 heteroatoms. The number of carbonyl (C=O) groups excluding carboxylic acids is 1. The average molecular weight is 325 g/mol. The first-order valence-corrected chi connectivity index (χ1v) is 7.39. The van der Waals surface area contributed by atoms with E-state index in [2.05, 4.69) is 20.5 Å². The lowest BCUT2D eigenvalue weighted by atomic mass is 10.3. The molecule has 0 saturated carbocycles. The van der Waals surface area contributed by atoms with Crippen LogP contribution >= 0.6 is 23.4 Å². The van der Waals surface area contributed by atoms with Gasteiger partial charge in [0.05, 0.1) is 16.0 Å². The molecule has 0 fully saturated rings. The maximum absolute atomic E-state index is 12.1. The Hall–Kier alpha value is -1.86. The number of carbonyl (C=O) groups is 1. The van der Waals surface area contributed by atoms with Crippen LogP contribution in [-0.4, -0.2) is 26.3 Å². The number of nitrogens with zero attached hydrogens (tertiary/aromatic N) is 2. The normalized spacial score (nSPS) is 12.0. The summed E-state index contributed by atoms with van der Waals surface area (Å²) < 4.78 is 0. The van der Waals surface area contributed by atoms with Gasteiger partial charge in [-0.05, 0) is 26.0 Å². The highest BCUT2D eigenvalue weighted by molar-refractivity contribution is 8.00. The summed E-state index contributed by atoms with van der Waals surface area (Å²) in [5.41, 5.74) is 0.513. The van der Waals surface area contributed by atoms with E-state index in [9.17, 15) is 9.59 Å². The molecule has 6 nitrogen and oxygen atoms in total. The van der Waals surface area contributed by atoms with Crippen molar-refractivity contribution in [3.05, 3.63) is 45.3 Å². The minimum atomic E-state index is -0.464. The fraction of sp³-hybridized carbons (Fsp3) is 0.231. The Morgan fingerprint density at radius 3 is 2.76 bits per heavy atom. The first-order chi connectivity index (χ1) is 9.97. The van der Waals surface area contributed by atoms with Gasteiger partial charge >= 0.3 is 0 Å². The van der Waals surface area contributed by atoms with Crippen LogP contribution in [0.5, 0.6) is 0 Å². The van der Waals surface area contributed by atoms with E-state index in [1.807, 2.05) is 0 Å². The molecule has 0 spiro atoms. The Labute approximate surface area is 130 Å². The monoisotopic (exact) mass is 324 g/mol. The van der Waals surface area contributed by atoms with E-state index in [1.54, 1.807) is 38.1 Å². The van der Waals surface area contributed by atoms with E-state index >= 15 is 0 Å². The molecule has 0 aliphatic heterocycles. The van der Waals surface area contributed by atoms with E-state index < -0.39 is 5.25 Å². The lowest BCUT2D eigenvalue weighted by Crippen LogP contribution is -2.24. The number of anilines is 1. The van der Waals surface area contributed by atoms with Crippen molar-refractivity contribution < 1.29 is 4.79 Å². The quantitative estimate of drug-likeness (QED) is 0.842. The van der Waals surface area contributed by atoms with Crippen molar-refractivity contribution in [2.24, 2.45) is 0 Å². The molecule has 21 heavy (non-hydrogen) atoms. The van der Waals surface area contributed by atoms with Gasteiger partial charge in [-0.1, -0.05) is 35.5 Å². The van der Waals surface area contributed by atoms with E-state index in [-0.39, 0.29) is 17.2 Å². The summed E-state index contributed by atoms with van der Waals surface area (Å²) in [6.07, 6.45) is 0. The minimum absolute atomic E-state index is 0.240. The third kappa shape index (κ3) is 4.05. The number of rotatable bonds is 4. The van der Waals surface area contributed by atoms with Crippen molar-refractivity contribution in [1.29, 1.82) is 0 Å². The summed E-state index contributed by atoms with van der Waals surface area (Å²) in [5.74, 6) is -0.240. The SMILES string of the molecule is Cc1nnc(S[C@@H](C)C(=O)Nc2ccccc2Cl)[nH]c1=O. The van der Waals surface area contributed by atoms with Crippen LogP contribution in [0.15, 0.2) is 34.2 Å². The van der Waals surface area contributed by atoms with E-state index in [0.29, 0.717) is 15.9 Å². The Morgan fingerprint density at radius 1 is 1.38 bits per heavy atom. The molecule has 2 N–H and O–H groups in total. The Kier molecular flexibility index (Phi) is 4.98. The Bertz CT molecular complexity index is 719. The van der Waals surface area contributed by atoms with Gasteiger partial charge in [0.1, 0.15) is 5.69 Å². The molecule has 0 bridgehead atoms. The van der Waals surface area contributed by atoms with Crippen LogP contribution in [0, 0.1) is 6.92 Å². The molecule has 1 amide bonds. The number of hydrogen-bond acceptors (Lipinski definition) is 5. The molecule has 0 unspecified atom stereocenters. The zero-order valence-corrected chi connectivity index (χ0v) is 13.0. The predicted octanol–water partition coefficient (Wildman–Crippen LogP) is 2.25. The second-order valence-electron chi connectivity index (χ2n) is 4.27. The summed E-state index contributed by atoms with van der Waals surface area (Å²) in [4.78, 5) is 26.1. The van der Waals surface area contributed by atoms with Crippen LogP contribution in [0.4, 0.5) is 5.69 Å². The molecule has 1 heterocycles. The maximum Gasteiger partial charge on any atom is 0.273 e. The zero-order chi connectivity index (χ0) is 15.4. The number of aromatic nitrogens is 3. The molecule has 1 atom stereocenters. The highest BCUT2D eigenvalue weighted by Crippen LogP contribution is 2.23. The molecular formula is C13H13ClN4O2S. The Balaban J connectivity index is 2.04. The number of para-hydroxylation sites is 1. The molecule has 0 aliphatic carbocycles. The standard InChI is InChI=1S/C13H13ClN4O2S/c1-7-11(19)16-13(18-17-7)21-8(2)12(20)15-10-6-4-3-5-9(10)14/h3-6,8H,1-2H3,(H,15,20)(H,16,18,19)/t8-/m0/s1. The molecule has 0 saturated heterocycles. The molecule has 2 rings (SSSR count). The molecule has 1 aromatic heterocycles. The third-order valence-electron chi connectivity index (χ3n) is 2.63. The maximum atomic E-state index is 12.1. The van der Waals surface area contributed by atoms with Gasteiger partial charge in [-0.25, -0.2) is 0 Å². The van der Waals surface area contributed by atoms with Gasteiger partial charge in [0.15, 0.2) is 5.16 Å². The van der Waals surface area contributed by atoms with Gasteiger partial charge in [-0.15, -0.1) is 10.2 Å². The van der Waals surface area contributed by atoms with Gasteiger partial charge in [0, 0.05) is 0 Å². The van der Waals surface area contributed by atoms with Crippen LogP contribution in [-0.2, 0) is 4.79 Å². The number of aromatic amines is 1. The summed E-state index contributed by atoms with van der Waals surface area (Å²) in [7, 11) is 0. The van der Waals surface area contributed by atoms with Crippen molar-refractivity contribution in [2.45, 2.75) is 24.3 Å². The van der Waals surface area contributed by atoms with Gasteiger partial charge < -0.3 is 5.32 Å². The molecule has 110 valence electrons. The summed E-state index contributed by atoms with van der Waals surface area (Å²) >= 11 is 7.10. The second-order valence-corrected chi connectivity index (χ2v) is 6.01. The highest BCUT2D eigenvalue weighted by Gasteiger charge is 2.17. The second kappa shape index (κ2) is 6.73. The van der Waals surface area contributed by atoms with Gasteiger partial charge in [-0.2, -0.15) is 0 Å². The number of hydrogen-bond donors (Lipinski definition) is 2. The van der Waals surface area contributed by atoms with Crippen molar-refractivity contribution in [3.63, 3.8) is 0 Å². The van der Waals surface area contributed by atoms with Gasteiger partial charge in [0.25, 0.3) is 5.56 Å². The fourth-order valence-corrected chi connectivity index (χ4v) is 2.37. The lowest BCUT2D eigenvalue weighted by molar-refractivity contribution is -0.115. The fourth-order valence-electron chi connectivity index (χ4n) is 1.45. The topological polar surface area (TPSA) is 87.7 Å². The first-order valence-electron chi connectivity index (χ1n) is 6.13. The largest absolute Gasteiger partial charge is 0.324 e. The highest BCUT2D eigenvalue weighted by atomic mass is 35.5. The summed E-state index contributed by atoms with van der Waals surface area (Å²) in [6, 6.07) is 6.97. The van der Waals surface area contributed by atoms with Crippen LogP contribution in [0.25, 0.3) is 0 Å². The zero-order valence-electron chi connectivity index (χ0n) is 11.4. The summed E-state index contributed by atoms with van der Waals surface area (Å²) in [6.45, 7) is 3.27. The van der Waals surface area contributed by atoms with Crippen molar-refractivity contribution in [3.8, 4) is 0 Å². The van der Waals surface area contributed by atoms with Crippen LogP contribution < -0.4 is 10.9 Å². The van der Waals surface area contributed by atoms with E-state index in [4.69, 9.17) is 11.6 Å². The van der Waals surface area contributed by atoms with Crippen LogP contribution in [0.3, 0.4) is 0 Å². The number of nitrogens with one attached hydrogen (secondary N) is 2. The van der Waals surface area contributed by atoms with E-state index in [0.717, 1.165) is 11.8 Å². The van der Waals surface area contributed by atoms with Gasteiger partial charge in [0.2, 0.25) is 5.91 Å². The van der Waals surface area contributed by atoms with E-state index in [1.165, 1.54) is 0 Å². The number of amides is 1. The number of thioether (sulfide) groups is 1. The molecular weight excluding hydrogens is 312 g/mol. The molecule has 1 aromatic carbocycles. The molecule has 2 aromatic rings. The molecule has 0 aliphatic rings. The number of halogens is 1. The minimum Gasteiger partial charge on any atom is -0.324 e. The van der Waals surface area contributed by atoms with Crippen molar-refractivity contribution >= 4 is 35.0 Å². The number of benzene rings is 1. The Morgan fingerprint density at radius 2 is 2.10 bits per heavy atom. The van der Waals surface area contributed by atoms with Crippen LogP contribution in [0.2, 0.25) is 5.02 Å². The average Bonchev–Trinajstić information content (AvgIpc) is 2.45. The number of H-pyrrole nitrogens is 1. The molecule has 0 radical (unpaired) electrons.